The summed E-state index contributed by atoms with van der Waals surface area (Å²) in [7, 11) is 1.66. The summed E-state index contributed by atoms with van der Waals surface area (Å²) in [5.74, 6) is 0.363. The Kier molecular flexibility index (Phi) is 6.97. The fourth-order valence-electron chi connectivity index (χ4n) is 1.84. The summed E-state index contributed by atoms with van der Waals surface area (Å²) >= 11 is 0. The predicted molar refractivity (Wildman–Crippen MR) is 77.5 cm³/mol. The highest BCUT2D eigenvalue weighted by atomic mass is 16.5. The number of hydrogen-bond donors (Lipinski definition) is 2. The van der Waals surface area contributed by atoms with Crippen molar-refractivity contribution in [3.63, 3.8) is 0 Å². The first kappa shape index (κ1) is 16.4. The molecule has 0 bridgehead atoms. The molecule has 0 saturated carbocycles. The summed E-state index contributed by atoms with van der Waals surface area (Å²) in [6.07, 6.45) is 0.858. The highest BCUT2D eigenvalue weighted by Gasteiger charge is 2.12. The Morgan fingerprint density at radius 1 is 1.25 bits per heavy atom. The van der Waals surface area contributed by atoms with Gasteiger partial charge in [0.05, 0.1) is 12.2 Å². The summed E-state index contributed by atoms with van der Waals surface area (Å²) in [5.41, 5.74) is 7.85. The van der Waals surface area contributed by atoms with Gasteiger partial charge in [0.15, 0.2) is 0 Å². The molecule has 1 heterocycles. The number of methoxy groups -OCH3 is 1. The summed E-state index contributed by atoms with van der Waals surface area (Å²) in [4.78, 5) is 4.28. The Morgan fingerprint density at radius 3 is 2.65 bits per heavy atom. The standard InChI is InChI=1S/C14H23N3O3/c1-10-9-11(2)17-14(12(10)13(15)16)20-8-7-19-6-4-5-18-3/h9H,4-8H2,1-3H3,(H3,15,16). The summed E-state index contributed by atoms with van der Waals surface area (Å²) < 4.78 is 15.9. The monoisotopic (exact) mass is 281 g/mol. The number of nitrogens with two attached hydrogens (primary N) is 1. The minimum Gasteiger partial charge on any atom is -0.475 e. The van der Waals surface area contributed by atoms with Crippen molar-refractivity contribution in [3.05, 3.63) is 22.9 Å². The SMILES string of the molecule is COCCCOCCOc1nc(C)cc(C)c1C(=N)N. The Bertz CT molecular complexity index is 450. The maximum absolute atomic E-state index is 7.59. The van der Waals surface area contributed by atoms with E-state index in [4.69, 9.17) is 25.4 Å². The predicted octanol–water partition coefficient (Wildman–Crippen LogP) is 1.41. The molecule has 0 unspecified atom stereocenters. The molecule has 0 aliphatic rings. The van der Waals surface area contributed by atoms with Crippen LogP contribution in [0.5, 0.6) is 5.88 Å². The summed E-state index contributed by atoms with van der Waals surface area (Å²) in [6, 6.07) is 1.88. The number of ether oxygens (including phenoxy) is 3. The number of nitrogens with zero attached hydrogens (tertiary/aromatic N) is 1. The molecule has 1 rings (SSSR count). The first-order valence-corrected chi connectivity index (χ1v) is 6.58. The molecule has 0 aromatic carbocycles. The first-order valence-electron chi connectivity index (χ1n) is 6.58. The maximum Gasteiger partial charge on any atom is 0.225 e. The van der Waals surface area contributed by atoms with Crippen LogP contribution in [0, 0.1) is 19.3 Å². The molecule has 0 atom stereocenters. The molecule has 0 aliphatic heterocycles. The minimum absolute atomic E-state index is 0.0361. The number of pyridine rings is 1. The number of aromatic nitrogens is 1. The zero-order valence-corrected chi connectivity index (χ0v) is 12.4. The number of amidine groups is 1. The van der Waals surface area contributed by atoms with Crippen molar-refractivity contribution in [1.29, 1.82) is 5.41 Å². The number of nitrogens with one attached hydrogen (secondary N) is 1. The van der Waals surface area contributed by atoms with Gasteiger partial charge in [-0.25, -0.2) is 4.98 Å². The lowest BCUT2D eigenvalue weighted by Crippen LogP contribution is -2.18. The highest BCUT2D eigenvalue weighted by Crippen LogP contribution is 2.20. The van der Waals surface area contributed by atoms with Gasteiger partial charge >= 0.3 is 0 Å². The van der Waals surface area contributed by atoms with Crippen LogP contribution in [0.25, 0.3) is 0 Å². The van der Waals surface area contributed by atoms with Gasteiger partial charge in [-0.3, -0.25) is 5.41 Å². The third-order valence-electron chi connectivity index (χ3n) is 2.68. The van der Waals surface area contributed by atoms with Gasteiger partial charge in [-0.05, 0) is 31.9 Å². The van der Waals surface area contributed by atoms with Crippen molar-refractivity contribution < 1.29 is 14.2 Å². The van der Waals surface area contributed by atoms with E-state index in [-0.39, 0.29) is 5.84 Å². The molecule has 0 fully saturated rings. The van der Waals surface area contributed by atoms with E-state index in [1.54, 1.807) is 7.11 Å². The first-order chi connectivity index (χ1) is 9.56. The molecule has 6 heteroatoms. The van der Waals surface area contributed by atoms with Crippen molar-refractivity contribution in [3.8, 4) is 5.88 Å². The maximum atomic E-state index is 7.59. The third kappa shape index (κ3) is 5.14. The van der Waals surface area contributed by atoms with Crippen LogP contribution < -0.4 is 10.5 Å². The zero-order valence-electron chi connectivity index (χ0n) is 12.4. The largest absolute Gasteiger partial charge is 0.475 e. The van der Waals surface area contributed by atoms with Crippen LogP contribution in [0.2, 0.25) is 0 Å². The van der Waals surface area contributed by atoms with E-state index >= 15 is 0 Å². The molecule has 0 saturated heterocycles. The second-order valence-corrected chi connectivity index (χ2v) is 4.48. The van der Waals surface area contributed by atoms with E-state index in [1.165, 1.54) is 0 Å². The van der Waals surface area contributed by atoms with Gasteiger partial charge in [-0.15, -0.1) is 0 Å². The van der Waals surface area contributed by atoms with Crippen LogP contribution in [-0.2, 0) is 9.47 Å². The normalized spacial score (nSPS) is 10.6. The fourth-order valence-corrected chi connectivity index (χ4v) is 1.84. The lowest BCUT2D eigenvalue weighted by Gasteiger charge is -2.13. The Morgan fingerprint density at radius 2 is 2.00 bits per heavy atom. The zero-order chi connectivity index (χ0) is 15.0. The number of aryl methyl sites for hydroxylation is 2. The van der Waals surface area contributed by atoms with Gasteiger partial charge in [0, 0.05) is 26.0 Å². The van der Waals surface area contributed by atoms with E-state index in [0.29, 0.717) is 37.9 Å². The molecule has 1 aromatic rings. The van der Waals surface area contributed by atoms with Crippen LogP contribution in [-0.4, -0.2) is 44.4 Å². The van der Waals surface area contributed by atoms with Crippen molar-refractivity contribution in [2.24, 2.45) is 5.73 Å². The van der Waals surface area contributed by atoms with E-state index in [9.17, 15) is 0 Å². The summed E-state index contributed by atoms with van der Waals surface area (Å²) in [5, 5.41) is 7.59. The van der Waals surface area contributed by atoms with Gasteiger partial charge in [0.2, 0.25) is 5.88 Å². The molecule has 0 amide bonds. The Balaban J connectivity index is 2.49. The van der Waals surface area contributed by atoms with E-state index in [1.807, 2.05) is 19.9 Å². The smallest absolute Gasteiger partial charge is 0.225 e. The molecule has 6 nitrogen and oxygen atoms in total. The lowest BCUT2D eigenvalue weighted by atomic mass is 10.1. The highest BCUT2D eigenvalue weighted by molar-refractivity contribution is 5.98. The molecular formula is C14H23N3O3. The van der Waals surface area contributed by atoms with E-state index < -0.39 is 0 Å². The molecule has 112 valence electrons. The molecular weight excluding hydrogens is 258 g/mol. The molecule has 0 radical (unpaired) electrons. The van der Waals surface area contributed by atoms with Crippen LogP contribution in [0.1, 0.15) is 23.2 Å². The Hall–Kier alpha value is -1.66. The van der Waals surface area contributed by atoms with Gasteiger partial charge in [0.1, 0.15) is 12.4 Å². The molecule has 3 N–H and O–H groups in total. The van der Waals surface area contributed by atoms with E-state index in [2.05, 4.69) is 4.98 Å². The quantitative estimate of drug-likeness (QED) is 0.406. The van der Waals surface area contributed by atoms with Crippen molar-refractivity contribution in [2.75, 3.05) is 33.5 Å². The molecule has 1 aromatic heterocycles. The van der Waals surface area contributed by atoms with Crippen molar-refractivity contribution in [2.45, 2.75) is 20.3 Å². The summed E-state index contributed by atoms with van der Waals surface area (Å²) in [6.45, 7) is 5.94. The van der Waals surface area contributed by atoms with Crippen LogP contribution in [0.15, 0.2) is 6.07 Å². The van der Waals surface area contributed by atoms with Crippen molar-refractivity contribution >= 4 is 5.84 Å². The molecule has 0 aliphatic carbocycles. The lowest BCUT2D eigenvalue weighted by molar-refractivity contribution is 0.0794. The van der Waals surface area contributed by atoms with Crippen LogP contribution in [0.3, 0.4) is 0 Å². The number of nitrogen functional groups attached to an aromatic ring is 1. The number of hydrogen-bond acceptors (Lipinski definition) is 5. The third-order valence-corrected chi connectivity index (χ3v) is 2.68. The van der Waals surface area contributed by atoms with Gasteiger partial charge in [-0.1, -0.05) is 0 Å². The fraction of sp³-hybridized carbons (Fsp3) is 0.571. The molecule has 0 spiro atoms. The molecule has 20 heavy (non-hydrogen) atoms. The average molecular weight is 281 g/mol. The average Bonchev–Trinajstić information content (AvgIpc) is 2.36. The topological polar surface area (TPSA) is 90.5 Å². The second-order valence-electron chi connectivity index (χ2n) is 4.48. The van der Waals surface area contributed by atoms with Crippen LogP contribution >= 0.6 is 0 Å². The van der Waals surface area contributed by atoms with Gasteiger partial charge in [-0.2, -0.15) is 0 Å². The van der Waals surface area contributed by atoms with E-state index in [0.717, 1.165) is 17.7 Å². The minimum atomic E-state index is -0.0361. The van der Waals surface area contributed by atoms with Gasteiger partial charge in [0.25, 0.3) is 0 Å². The number of rotatable bonds is 9. The second kappa shape index (κ2) is 8.50. The van der Waals surface area contributed by atoms with Gasteiger partial charge < -0.3 is 19.9 Å². The van der Waals surface area contributed by atoms with Crippen molar-refractivity contribution in [1.82, 2.24) is 4.98 Å². The van der Waals surface area contributed by atoms with Crippen LogP contribution in [0.4, 0.5) is 0 Å². The Labute approximate surface area is 119 Å².